The highest BCUT2D eigenvalue weighted by molar-refractivity contribution is 6.42. The van der Waals surface area contributed by atoms with Crippen molar-refractivity contribution in [3.05, 3.63) is 137 Å². The highest BCUT2D eigenvalue weighted by Gasteiger charge is 2.39. The number of piperidine rings is 2. The summed E-state index contributed by atoms with van der Waals surface area (Å²) in [6, 6.07) is 24.0. The largest absolute Gasteiger partial charge is 0.394 e. The molecule has 2 fully saturated rings. The molecule has 4 aromatic rings. The molecular weight excluding hydrogens is 1040 g/mol. The molecule has 2 saturated heterocycles. The predicted octanol–water partition coefficient (Wildman–Crippen LogP) is 10.2. The van der Waals surface area contributed by atoms with Gasteiger partial charge in [-0.05, 0) is 136 Å². The third-order valence-electron chi connectivity index (χ3n) is 14.7. The quantitative estimate of drug-likeness (QED) is 0.0771. The van der Waals surface area contributed by atoms with Crippen LogP contribution in [-0.4, -0.2) is 132 Å². The average molecular weight is 1110 g/mol. The Hall–Kier alpha value is -3.66. The second-order valence-electron chi connectivity index (χ2n) is 19.3. The Morgan fingerprint density at radius 2 is 0.875 bits per heavy atom. The molecule has 0 aliphatic carbocycles. The van der Waals surface area contributed by atoms with E-state index in [4.69, 9.17) is 69.6 Å². The molecule has 0 radical (unpaired) electrons. The first kappa shape index (κ1) is 59.2. The van der Waals surface area contributed by atoms with Crippen LogP contribution in [0.1, 0.15) is 101 Å². The highest BCUT2D eigenvalue weighted by atomic mass is 35.5. The van der Waals surface area contributed by atoms with E-state index in [-0.39, 0.29) is 48.9 Å². The van der Waals surface area contributed by atoms with E-state index in [1.165, 1.54) is 0 Å². The van der Waals surface area contributed by atoms with Crippen molar-refractivity contribution in [1.82, 2.24) is 30.2 Å². The van der Waals surface area contributed by atoms with E-state index in [9.17, 15) is 29.4 Å². The summed E-state index contributed by atoms with van der Waals surface area (Å²) in [7, 11) is 3.71. The molecule has 2 aliphatic rings. The zero-order valence-corrected chi connectivity index (χ0v) is 46.4. The zero-order valence-electron chi connectivity index (χ0n) is 41.9. The van der Waals surface area contributed by atoms with E-state index >= 15 is 0 Å². The number of amides is 4. The van der Waals surface area contributed by atoms with Crippen molar-refractivity contribution in [2.24, 2.45) is 0 Å². The van der Waals surface area contributed by atoms with Crippen LogP contribution in [0, 0.1) is 0 Å². The predicted molar refractivity (Wildman–Crippen MR) is 292 cm³/mol. The van der Waals surface area contributed by atoms with Crippen LogP contribution in [0.2, 0.25) is 30.1 Å². The molecule has 4 atom stereocenters. The fourth-order valence-electron chi connectivity index (χ4n) is 9.29. The molecule has 392 valence electrons. The Labute approximate surface area is 455 Å². The molecular formula is C54H68Cl6N6O6. The topological polar surface area (TPSA) is 146 Å². The van der Waals surface area contributed by atoms with E-state index in [0.717, 1.165) is 74.1 Å². The van der Waals surface area contributed by atoms with Crippen LogP contribution in [0.5, 0.6) is 0 Å². The smallest absolute Gasteiger partial charge is 0.230 e. The van der Waals surface area contributed by atoms with Gasteiger partial charge in [0.25, 0.3) is 0 Å². The summed E-state index contributed by atoms with van der Waals surface area (Å²) in [6.45, 7) is 11.3. The Bertz CT molecular complexity index is 2280. The molecule has 6 rings (SSSR count). The SMILES string of the molecule is CC(=O)N(C)C1CCN(CCC(C)(C(=O)N[C@@H](CO)c2ccc(Cl)cc2)c2ccc(Cl)c(Cl)c2)CC1.CC(=O)N(C)C1CCN(CCC(C)(C(=O)N[C@@H](CO)c2ccc(Cl)cc2)c2ccc(Cl)c(Cl)c2)CC1. The minimum Gasteiger partial charge on any atom is -0.394 e. The summed E-state index contributed by atoms with van der Waals surface area (Å²) >= 11 is 37.0. The minimum atomic E-state index is -0.916. The minimum absolute atomic E-state index is 0.0800. The zero-order chi connectivity index (χ0) is 52.9. The summed E-state index contributed by atoms with van der Waals surface area (Å²) in [5, 5.41) is 28.9. The number of benzene rings is 4. The van der Waals surface area contributed by atoms with E-state index < -0.39 is 22.9 Å². The molecule has 4 N–H and O–H groups in total. The lowest BCUT2D eigenvalue weighted by molar-refractivity contribution is -0.131. The van der Waals surface area contributed by atoms with Crippen LogP contribution in [0.4, 0.5) is 0 Å². The van der Waals surface area contributed by atoms with Gasteiger partial charge in [0.15, 0.2) is 0 Å². The number of nitrogens with one attached hydrogen (secondary N) is 2. The highest BCUT2D eigenvalue weighted by Crippen LogP contribution is 2.36. The van der Waals surface area contributed by atoms with Crippen LogP contribution in [0.3, 0.4) is 0 Å². The lowest BCUT2D eigenvalue weighted by Crippen LogP contribution is -2.48. The van der Waals surface area contributed by atoms with Gasteiger partial charge in [-0.15, -0.1) is 0 Å². The van der Waals surface area contributed by atoms with Crippen molar-refractivity contribution in [2.45, 2.75) is 101 Å². The van der Waals surface area contributed by atoms with Crippen molar-refractivity contribution < 1.29 is 29.4 Å². The van der Waals surface area contributed by atoms with Crippen LogP contribution < -0.4 is 10.6 Å². The summed E-state index contributed by atoms with van der Waals surface area (Å²) in [5.74, 6) is -0.255. The van der Waals surface area contributed by atoms with Gasteiger partial charge in [0.1, 0.15) is 0 Å². The number of likely N-dealkylation sites (tertiary alicyclic amines) is 2. The van der Waals surface area contributed by atoms with Gasteiger partial charge in [-0.3, -0.25) is 19.2 Å². The third-order valence-corrected chi connectivity index (χ3v) is 16.7. The van der Waals surface area contributed by atoms with E-state index in [1.807, 2.05) is 49.9 Å². The van der Waals surface area contributed by atoms with Gasteiger partial charge in [-0.25, -0.2) is 0 Å². The number of aliphatic hydroxyl groups is 2. The molecule has 2 unspecified atom stereocenters. The molecule has 0 bridgehead atoms. The van der Waals surface area contributed by atoms with Gasteiger partial charge < -0.3 is 40.4 Å². The third kappa shape index (κ3) is 15.7. The maximum absolute atomic E-state index is 13.8. The van der Waals surface area contributed by atoms with Crippen LogP contribution >= 0.6 is 69.6 Å². The molecule has 0 saturated carbocycles. The molecule has 18 heteroatoms. The van der Waals surface area contributed by atoms with Gasteiger partial charge in [0, 0.05) is 76.3 Å². The molecule has 12 nitrogen and oxygen atoms in total. The Morgan fingerprint density at radius 3 is 1.15 bits per heavy atom. The summed E-state index contributed by atoms with van der Waals surface area (Å²) < 4.78 is 0. The van der Waals surface area contributed by atoms with Crippen molar-refractivity contribution in [2.75, 3.05) is 66.6 Å². The van der Waals surface area contributed by atoms with Crippen LogP contribution in [0.25, 0.3) is 0 Å². The van der Waals surface area contributed by atoms with E-state index in [2.05, 4.69) is 20.4 Å². The van der Waals surface area contributed by atoms with Crippen molar-refractivity contribution >= 4 is 93.2 Å². The lowest BCUT2D eigenvalue weighted by atomic mass is 9.78. The summed E-state index contributed by atoms with van der Waals surface area (Å²) in [5.41, 5.74) is 1.22. The Kier molecular flexibility index (Phi) is 22.4. The van der Waals surface area contributed by atoms with Gasteiger partial charge in [-0.2, -0.15) is 0 Å². The van der Waals surface area contributed by atoms with Crippen molar-refractivity contribution in [3.8, 4) is 0 Å². The van der Waals surface area contributed by atoms with Crippen LogP contribution in [0.15, 0.2) is 84.9 Å². The second-order valence-corrected chi connectivity index (χ2v) is 21.8. The van der Waals surface area contributed by atoms with E-state index in [1.54, 1.807) is 86.6 Å². The molecule has 2 aliphatic heterocycles. The number of aliphatic hydroxyl groups excluding tert-OH is 2. The van der Waals surface area contributed by atoms with Gasteiger partial charge in [0.05, 0.1) is 56.2 Å². The van der Waals surface area contributed by atoms with Gasteiger partial charge in [-0.1, -0.05) is 106 Å². The van der Waals surface area contributed by atoms with Crippen LogP contribution in [-0.2, 0) is 30.0 Å². The molecule has 72 heavy (non-hydrogen) atoms. The second kappa shape index (κ2) is 27.2. The van der Waals surface area contributed by atoms with Crippen molar-refractivity contribution in [1.29, 1.82) is 0 Å². The maximum atomic E-state index is 13.8. The fourth-order valence-corrected chi connectivity index (χ4v) is 10.1. The number of nitrogens with zero attached hydrogens (tertiary/aromatic N) is 4. The standard InChI is InChI=1S/2C27H34Cl3N3O3/c2*1-18(35)32(3)22-10-13-33(14-11-22)15-12-27(2,20-6-9-23(29)24(30)16-20)26(36)31-25(17-34)19-4-7-21(28)8-5-19/h2*4-9,16,22,25,34H,10-15,17H2,1-3H3,(H,31,36)/t2*25-,27?/m00/s1. The number of halogens is 6. The fraction of sp³-hybridized carbons (Fsp3) is 0.481. The maximum Gasteiger partial charge on any atom is 0.230 e. The molecule has 0 aromatic heterocycles. The first-order valence-electron chi connectivity index (χ1n) is 24.3. The van der Waals surface area contributed by atoms with Gasteiger partial charge in [0.2, 0.25) is 23.6 Å². The summed E-state index contributed by atoms with van der Waals surface area (Å²) in [4.78, 5) is 59.3. The number of rotatable bonds is 18. The normalized spacial score (nSPS) is 17.3. The summed E-state index contributed by atoms with van der Waals surface area (Å²) in [6.07, 6.45) is 4.68. The molecule has 4 amide bonds. The van der Waals surface area contributed by atoms with Gasteiger partial charge >= 0.3 is 0 Å². The number of hydrogen-bond acceptors (Lipinski definition) is 8. The number of carbonyl (C=O) groups is 4. The van der Waals surface area contributed by atoms with Crippen molar-refractivity contribution in [3.63, 3.8) is 0 Å². The number of hydrogen-bond donors (Lipinski definition) is 4. The Balaban J connectivity index is 0.000000267. The Morgan fingerprint density at radius 1 is 0.556 bits per heavy atom. The first-order valence-corrected chi connectivity index (χ1v) is 26.5. The average Bonchev–Trinajstić information content (AvgIpc) is 3.37. The number of carbonyl (C=O) groups excluding carboxylic acids is 4. The molecule has 0 spiro atoms. The molecule has 4 aromatic carbocycles. The van der Waals surface area contributed by atoms with E-state index in [0.29, 0.717) is 56.1 Å². The lowest BCUT2D eigenvalue weighted by Gasteiger charge is -2.38. The first-order chi connectivity index (χ1) is 34.1. The molecule has 2 heterocycles. The monoisotopic (exact) mass is 1110 g/mol.